The van der Waals surface area contributed by atoms with Crippen molar-refractivity contribution in [2.45, 2.75) is 25.8 Å². The van der Waals surface area contributed by atoms with Crippen molar-refractivity contribution in [2.24, 2.45) is 11.7 Å². The van der Waals surface area contributed by atoms with Gasteiger partial charge in [0.2, 0.25) is 0 Å². The molecule has 0 saturated carbocycles. The van der Waals surface area contributed by atoms with Crippen LogP contribution in [0.5, 0.6) is 5.75 Å². The molecule has 1 aromatic heterocycles. The van der Waals surface area contributed by atoms with Crippen molar-refractivity contribution in [1.82, 2.24) is 4.98 Å². The number of thiazole rings is 1. The molecule has 0 aliphatic carbocycles. The van der Waals surface area contributed by atoms with Crippen LogP contribution in [0, 0.1) is 16.0 Å². The van der Waals surface area contributed by atoms with Crippen LogP contribution in [0.25, 0.3) is 0 Å². The lowest BCUT2D eigenvalue weighted by Crippen LogP contribution is -2.63. The fourth-order valence-corrected chi connectivity index (χ4v) is 2.76. The van der Waals surface area contributed by atoms with Crippen LogP contribution in [-0.2, 0) is 9.59 Å². The summed E-state index contributed by atoms with van der Waals surface area (Å²) in [6.07, 6.45) is 1.45. The third-order valence-corrected chi connectivity index (χ3v) is 4.82. The summed E-state index contributed by atoms with van der Waals surface area (Å²) in [7, 11) is 0. The summed E-state index contributed by atoms with van der Waals surface area (Å²) < 4.78 is 5.25. The fourth-order valence-electron chi connectivity index (χ4n) is 2.13. The second-order valence-electron chi connectivity index (χ2n) is 5.60. The van der Waals surface area contributed by atoms with Crippen LogP contribution in [0.1, 0.15) is 20.3 Å². The highest BCUT2D eigenvalue weighted by molar-refractivity contribution is 7.18. The van der Waals surface area contributed by atoms with Crippen LogP contribution < -0.4 is 15.8 Å². The first-order valence-corrected chi connectivity index (χ1v) is 8.58. The van der Waals surface area contributed by atoms with E-state index in [0.29, 0.717) is 17.8 Å². The molecule has 2 aromatic rings. The highest BCUT2D eigenvalue weighted by atomic mass is 32.1. The van der Waals surface area contributed by atoms with Crippen molar-refractivity contribution in [1.29, 1.82) is 0 Å². The third kappa shape index (κ3) is 4.03. The van der Waals surface area contributed by atoms with Gasteiger partial charge in [0.05, 0.1) is 4.92 Å². The van der Waals surface area contributed by atoms with Gasteiger partial charge in [-0.25, -0.2) is 9.78 Å². The molecule has 0 aliphatic rings. The Kier molecular flexibility index (Phi) is 6.01. The summed E-state index contributed by atoms with van der Waals surface area (Å²) in [6.45, 7) is 3.43. The largest absolute Gasteiger partial charge is 0.425 e. The van der Waals surface area contributed by atoms with Gasteiger partial charge < -0.3 is 10.5 Å². The van der Waals surface area contributed by atoms with Crippen molar-refractivity contribution in [2.75, 3.05) is 5.32 Å². The van der Waals surface area contributed by atoms with E-state index in [1.807, 2.05) is 0 Å². The molecule has 3 N–H and O–H groups in total. The molecule has 0 saturated heterocycles. The van der Waals surface area contributed by atoms with Gasteiger partial charge in [-0.15, -0.1) is 0 Å². The van der Waals surface area contributed by atoms with Crippen molar-refractivity contribution in [3.8, 4) is 5.75 Å². The third-order valence-electron chi connectivity index (χ3n) is 3.95. The van der Waals surface area contributed by atoms with Crippen LogP contribution >= 0.6 is 11.3 Å². The smallest absolute Gasteiger partial charge is 0.345 e. The first kappa shape index (κ1) is 19.5. The van der Waals surface area contributed by atoms with Gasteiger partial charge in [-0.3, -0.25) is 20.2 Å². The number of benzene rings is 1. The van der Waals surface area contributed by atoms with Crippen LogP contribution in [0.4, 0.5) is 10.1 Å². The number of nitrogens with zero attached hydrogens (tertiary/aromatic N) is 2. The Morgan fingerprint density at radius 3 is 2.62 bits per heavy atom. The minimum Gasteiger partial charge on any atom is -0.425 e. The summed E-state index contributed by atoms with van der Waals surface area (Å²) in [6, 6.07) is 8.25. The molecule has 1 aromatic carbocycles. The van der Waals surface area contributed by atoms with Crippen LogP contribution in [0.3, 0.4) is 0 Å². The highest BCUT2D eigenvalue weighted by Gasteiger charge is 2.48. The first-order chi connectivity index (χ1) is 12.3. The molecule has 138 valence electrons. The maximum atomic E-state index is 12.7. The second-order valence-corrected chi connectivity index (χ2v) is 6.60. The molecule has 0 bridgehead atoms. The Balaban J connectivity index is 2.24. The Hall–Kier alpha value is -2.85. The van der Waals surface area contributed by atoms with Crippen LogP contribution in [-0.4, -0.2) is 27.3 Å². The predicted octanol–water partition coefficient (Wildman–Crippen LogP) is 2.34. The van der Waals surface area contributed by atoms with Gasteiger partial charge in [-0.1, -0.05) is 38.5 Å². The lowest BCUT2D eigenvalue weighted by Gasteiger charge is -2.30. The number of carbonyl (C=O) groups is 2. The number of anilines is 1. The van der Waals surface area contributed by atoms with Gasteiger partial charge >= 0.3 is 11.0 Å². The number of rotatable bonds is 7. The average molecular weight is 378 g/mol. The Morgan fingerprint density at radius 1 is 1.42 bits per heavy atom. The maximum Gasteiger partial charge on any atom is 0.345 e. The van der Waals surface area contributed by atoms with E-state index in [9.17, 15) is 19.7 Å². The van der Waals surface area contributed by atoms with Gasteiger partial charge in [0.15, 0.2) is 10.7 Å². The molecule has 10 heteroatoms. The Bertz CT molecular complexity index is 810. The number of carbonyl (C=O) groups excluding carboxylic acids is 2. The highest BCUT2D eigenvalue weighted by Crippen LogP contribution is 2.28. The summed E-state index contributed by atoms with van der Waals surface area (Å²) in [4.78, 5) is 39.2. The molecular weight excluding hydrogens is 360 g/mol. The number of nitro groups is 1. The number of nitrogens with one attached hydrogen (secondary N) is 1. The molecular formula is C16H18N4O5S. The molecule has 0 radical (unpaired) electrons. The zero-order chi connectivity index (χ0) is 19.3. The molecule has 0 aliphatic heterocycles. The van der Waals surface area contributed by atoms with Crippen molar-refractivity contribution in [3.63, 3.8) is 0 Å². The van der Waals surface area contributed by atoms with Crippen molar-refractivity contribution in [3.05, 3.63) is 46.6 Å². The van der Waals surface area contributed by atoms with Crippen molar-refractivity contribution >= 4 is 33.3 Å². The minimum absolute atomic E-state index is 0.0210. The Labute approximate surface area is 153 Å². The SMILES string of the molecule is CC[C@H](C)C(N)(C(=O)Nc1ncc([N+](=O)[O-])s1)C(=O)Oc1ccccc1. The second kappa shape index (κ2) is 8.02. The summed E-state index contributed by atoms with van der Waals surface area (Å²) in [5.41, 5.74) is 4.18. The predicted molar refractivity (Wildman–Crippen MR) is 95.8 cm³/mol. The average Bonchev–Trinajstić information content (AvgIpc) is 3.09. The van der Waals surface area contributed by atoms with Gasteiger partial charge in [0, 0.05) is 0 Å². The summed E-state index contributed by atoms with van der Waals surface area (Å²) >= 11 is 0.671. The topological polar surface area (TPSA) is 137 Å². The van der Waals surface area contributed by atoms with E-state index in [0.717, 1.165) is 6.20 Å². The van der Waals surface area contributed by atoms with E-state index in [-0.39, 0.29) is 15.9 Å². The standard InChI is InChI=1S/C16H18N4O5S/c1-3-10(2)16(17,14(22)25-11-7-5-4-6-8-11)13(21)19-15-18-9-12(26-15)20(23)24/h4-10H,3,17H2,1-2H3,(H,18,19,21)/t10-,16?/m0/s1. The van der Waals surface area contributed by atoms with E-state index in [2.05, 4.69) is 10.3 Å². The van der Waals surface area contributed by atoms with E-state index in [1.54, 1.807) is 44.2 Å². The summed E-state index contributed by atoms with van der Waals surface area (Å²) in [5.74, 6) is -2.04. The number of hydrogen-bond donors (Lipinski definition) is 2. The number of esters is 1. The van der Waals surface area contributed by atoms with Gasteiger partial charge in [-0.2, -0.15) is 0 Å². The number of para-hydroxylation sites is 1. The number of amides is 1. The number of nitrogens with two attached hydrogens (primary N) is 1. The van der Waals surface area contributed by atoms with Gasteiger partial charge in [0.1, 0.15) is 11.9 Å². The zero-order valence-corrected chi connectivity index (χ0v) is 15.0. The van der Waals surface area contributed by atoms with E-state index >= 15 is 0 Å². The van der Waals surface area contributed by atoms with Crippen LogP contribution in [0.2, 0.25) is 0 Å². The van der Waals surface area contributed by atoms with Crippen LogP contribution in [0.15, 0.2) is 36.5 Å². The fraction of sp³-hybridized carbons (Fsp3) is 0.312. The quantitative estimate of drug-likeness (QED) is 0.248. The molecule has 0 spiro atoms. The maximum absolute atomic E-state index is 12.7. The summed E-state index contributed by atoms with van der Waals surface area (Å²) in [5, 5.41) is 12.8. The number of ether oxygens (including phenoxy) is 1. The zero-order valence-electron chi connectivity index (χ0n) is 14.2. The molecule has 2 atom stereocenters. The minimum atomic E-state index is -1.98. The van der Waals surface area contributed by atoms with Crippen molar-refractivity contribution < 1.29 is 19.2 Å². The monoisotopic (exact) mass is 378 g/mol. The molecule has 9 nitrogen and oxygen atoms in total. The first-order valence-electron chi connectivity index (χ1n) is 7.76. The number of hydrogen-bond acceptors (Lipinski definition) is 8. The Morgan fingerprint density at radius 2 is 2.08 bits per heavy atom. The molecule has 2 rings (SSSR count). The molecule has 1 heterocycles. The van der Waals surface area contributed by atoms with E-state index in [1.165, 1.54) is 0 Å². The van der Waals surface area contributed by atoms with E-state index in [4.69, 9.17) is 10.5 Å². The van der Waals surface area contributed by atoms with Gasteiger partial charge in [-0.05, 0) is 29.4 Å². The normalized spacial score (nSPS) is 14.1. The molecule has 0 fully saturated rings. The molecule has 26 heavy (non-hydrogen) atoms. The molecule has 1 unspecified atom stereocenters. The van der Waals surface area contributed by atoms with E-state index < -0.39 is 28.3 Å². The van der Waals surface area contributed by atoms with Gasteiger partial charge in [0.25, 0.3) is 5.91 Å². The molecule has 1 amide bonds. The number of aromatic nitrogens is 1. The lowest BCUT2D eigenvalue weighted by molar-refractivity contribution is -0.380. The lowest BCUT2D eigenvalue weighted by atomic mass is 9.83.